The van der Waals surface area contributed by atoms with Crippen LogP contribution in [0, 0.1) is 12.7 Å². The largest absolute Gasteiger partial charge is 0.452 e. The molecule has 0 bridgehead atoms. The highest BCUT2D eigenvalue weighted by Crippen LogP contribution is 2.08. The number of nitrogens with one attached hydrogen (secondary N) is 2. The van der Waals surface area contributed by atoms with E-state index >= 15 is 0 Å². The fourth-order valence-electron chi connectivity index (χ4n) is 1.89. The first-order chi connectivity index (χ1) is 11.5. The summed E-state index contributed by atoms with van der Waals surface area (Å²) in [5, 5.41) is 0. The first-order valence-corrected chi connectivity index (χ1v) is 7.05. The van der Waals surface area contributed by atoms with Gasteiger partial charge >= 0.3 is 5.97 Å². The summed E-state index contributed by atoms with van der Waals surface area (Å²) >= 11 is 0. The molecular weight excluding hydrogens is 315 g/mol. The van der Waals surface area contributed by atoms with Crippen molar-refractivity contribution in [3.8, 4) is 0 Å². The molecule has 0 heterocycles. The molecule has 2 amide bonds. The lowest BCUT2D eigenvalue weighted by Gasteiger charge is -2.09. The number of carbonyl (C=O) groups excluding carboxylic acids is 3. The molecule has 0 unspecified atom stereocenters. The zero-order valence-corrected chi connectivity index (χ0v) is 12.8. The van der Waals surface area contributed by atoms with E-state index in [0.29, 0.717) is 5.56 Å². The van der Waals surface area contributed by atoms with Crippen LogP contribution < -0.4 is 10.9 Å². The van der Waals surface area contributed by atoms with Gasteiger partial charge in [-0.2, -0.15) is 0 Å². The summed E-state index contributed by atoms with van der Waals surface area (Å²) in [6.45, 7) is 1.16. The van der Waals surface area contributed by atoms with Crippen LogP contribution in [0.5, 0.6) is 0 Å². The maximum absolute atomic E-state index is 13.4. The Labute approximate surface area is 137 Å². The average Bonchev–Trinajstić information content (AvgIpc) is 2.58. The number of benzene rings is 2. The molecule has 2 N–H and O–H groups in total. The molecule has 0 saturated heterocycles. The molecular formula is C17H15FN2O4. The topological polar surface area (TPSA) is 84.5 Å². The van der Waals surface area contributed by atoms with Gasteiger partial charge in [0.25, 0.3) is 11.8 Å². The van der Waals surface area contributed by atoms with Gasteiger partial charge in [0.1, 0.15) is 5.82 Å². The van der Waals surface area contributed by atoms with Gasteiger partial charge in [-0.05, 0) is 30.7 Å². The van der Waals surface area contributed by atoms with E-state index in [1.54, 1.807) is 31.2 Å². The summed E-state index contributed by atoms with van der Waals surface area (Å²) in [6, 6.07) is 12.1. The minimum Gasteiger partial charge on any atom is -0.452 e. The molecule has 24 heavy (non-hydrogen) atoms. The Morgan fingerprint density at radius 2 is 1.58 bits per heavy atom. The summed E-state index contributed by atoms with van der Waals surface area (Å²) in [7, 11) is 0. The Morgan fingerprint density at radius 3 is 2.25 bits per heavy atom. The number of halogens is 1. The first kappa shape index (κ1) is 17.1. The summed E-state index contributed by atoms with van der Waals surface area (Å²) in [5.41, 5.74) is 4.94. The van der Waals surface area contributed by atoms with Gasteiger partial charge in [0.05, 0.1) is 11.1 Å². The lowest BCUT2D eigenvalue weighted by Crippen LogP contribution is -2.43. The zero-order valence-electron chi connectivity index (χ0n) is 12.8. The molecule has 0 saturated carbocycles. The predicted octanol–water partition coefficient (Wildman–Crippen LogP) is 1.75. The number of aryl methyl sites for hydroxylation is 1. The summed E-state index contributed by atoms with van der Waals surface area (Å²) in [6.07, 6.45) is 0. The zero-order chi connectivity index (χ0) is 17.5. The Morgan fingerprint density at radius 1 is 0.958 bits per heavy atom. The molecule has 0 aromatic heterocycles. The van der Waals surface area contributed by atoms with E-state index in [9.17, 15) is 18.8 Å². The van der Waals surface area contributed by atoms with Crippen LogP contribution in [0.3, 0.4) is 0 Å². The van der Waals surface area contributed by atoms with Crippen molar-refractivity contribution in [1.82, 2.24) is 10.9 Å². The number of rotatable bonds is 4. The van der Waals surface area contributed by atoms with Gasteiger partial charge in [0, 0.05) is 0 Å². The SMILES string of the molecule is Cc1ccccc1C(=O)OCC(=O)NNC(=O)c1ccccc1F. The van der Waals surface area contributed by atoms with Crippen molar-refractivity contribution in [3.63, 3.8) is 0 Å². The van der Waals surface area contributed by atoms with Gasteiger partial charge in [0.2, 0.25) is 0 Å². The predicted molar refractivity (Wildman–Crippen MR) is 83.5 cm³/mol. The summed E-state index contributed by atoms with van der Waals surface area (Å²) in [5.74, 6) is -2.92. The minimum absolute atomic E-state index is 0.213. The molecule has 0 fully saturated rings. The van der Waals surface area contributed by atoms with Crippen LogP contribution in [0.2, 0.25) is 0 Å². The van der Waals surface area contributed by atoms with Crippen molar-refractivity contribution in [2.75, 3.05) is 6.61 Å². The molecule has 2 rings (SSSR count). The fourth-order valence-corrected chi connectivity index (χ4v) is 1.89. The van der Waals surface area contributed by atoms with Crippen LogP contribution in [0.4, 0.5) is 4.39 Å². The molecule has 7 heteroatoms. The van der Waals surface area contributed by atoms with Crippen LogP contribution >= 0.6 is 0 Å². The van der Waals surface area contributed by atoms with Crippen molar-refractivity contribution in [2.24, 2.45) is 0 Å². The van der Waals surface area contributed by atoms with Crippen LogP contribution in [0.15, 0.2) is 48.5 Å². The highest BCUT2D eigenvalue weighted by atomic mass is 19.1. The smallest absolute Gasteiger partial charge is 0.338 e. The first-order valence-electron chi connectivity index (χ1n) is 7.05. The van der Waals surface area contributed by atoms with Crippen molar-refractivity contribution in [3.05, 3.63) is 71.0 Å². The molecule has 2 aromatic rings. The monoisotopic (exact) mass is 330 g/mol. The average molecular weight is 330 g/mol. The van der Waals surface area contributed by atoms with Crippen molar-refractivity contribution in [1.29, 1.82) is 0 Å². The number of hydrazine groups is 1. The Hall–Kier alpha value is -3.22. The minimum atomic E-state index is -0.813. The summed E-state index contributed by atoms with van der Waals surface area (Å²) < 4.78 is 18.3. The molecule has 0 radical (unpaired) electrons. The van der Waals surface area contributed by atoms with Gasteiger partial charge in [0.15, 0.2) is 6.61 Å². The Bertz CT molecular complexity index is 713. The van der Waals surface area contributed by atoms with Crippen LogP contribution in [-0.4, -0.2) is 24.4 Å². The van der Waals surface area contributed by atoms with Crippen molar-refractivity contribution in [2.45, 2.75) is 6.92 Å². The number of carbonyl (C=O) groups is 3. The van der Waals surface area contributed by atoms with E-state index in [-0.39, 0.29) is 5.56 Å². The summed E-state index contributed by atoms with van der Waals surface area (Å²) in [4.78, 5) is 35.1. The molecule has 0 aliphatic rings. The van der Waals surface area contributed by atoms with E-state index < -0.39 is 30.2 Å². The highest BCUT2D eigenvalue weighted by molar-refractivity contribution is 5.96. The van der Waals surface area contributed by atoms with E-state index in [1.807, 2.05) is 10.9 Å². The second kappa shape index (κ2) is 7.87. The van der Waals surface area contributed by atoms with Crippen molar-refractivity contribution < 1.29 is 23.5 Å². The maximum Gasteiger partial charge on any atom is 0.338 e. The van der Waals surface area contributed by atoms with Gasteiger partial charge in [-0.15, -0.1) is 0 Å². The number of amides is 2. The molecule has 124 valence electrons. The lowest BCUT2D eigenvalue weighted by molar-refractivity contribution is -0.125. The third kappa shape index (κ3) is 4.39. The third-order valence-corrected chi connectivity index (χ3v) is 3.13. The number of hydrogen-bond acceptors (Lipinski definition) is 4. The number of hydrogen-bond donors (Lipinski definition) is 2. The number of esters is 1. The molecule has 6 nitrogen and oxygen atoms in total. The van der Waals surface area contributed by atoms with Crippen LogP contribution in [0.25, 0.3) is 0 Å². The maximum atomic E-state index is 13.4. The Kier molecular flexibility index (Phi) is 5.62. The highest BCUT2D eigenvalue weighted by Gasteiger charge is 2.14. The van der Waals surface area contributed by atoms with Gasteiger partial charge in [-0.3, -0.25) is 20.4 Å². The molecule has 0 atom stereocenters. The van der Waals surface area contributed by atoms with Crippen LogP contribution in [0.1, 0.15) is 26.3 Å². The van der Waals surface area contributed by atoms with E-state index in [4.69, 9.17) is 4.74 Å². The molecule has 2 aromatic carbocycles. The normalized spacial score (nSPS) is 9.92. The van der Waals surface area contributed by atoms with E-state index in [1.165, 1.54) is 18.2 Å². The van der Waals surface area contributed by atoms with Gasteiger partial charge in [-0.1, -0.05) is 30.3 Å². The van der Waals surface area contributed by atoms with Crippen LogP contribution in [-0.2, 0) is 9.53 Å². The van der Waals surface area contributed by atoms with Gasteiger partial charge < -0.3 is 4.74 Å². The molecule has 0 aliphatic carbocycles. The standard InChI is InChI=1S/C17H15FN2O4/c1-11-6-2-3-7-12(11)17(23)24-10-15(21)19-20-16(22)13-8-4-5-9-14(13)18/h2-9H,10H2,1H3,(H,19,21)(H,20,22). The van der Waals surface area contributed by atoms with Crippen molar-refractivity contribution >= 4 is 17.8 Å². The lowest BCUT2D eigenvalue weighted by atomic mass is 10.1. The Balaban J connectivity index is 1.82. The quantitative estimate of drug-likeness (QED) is 0.661. The van der Waals surface area contributed by atoms with Gasteiger partial charge in [-0.25, -0.2) is 9.18 Å². The van der Waals surface area contributed by atoms with E-state index in [0.717, 1.165) is 11.6 Å². The second-order valence-corrected chi connectivity index (χ2v) is 4.87. The molecule has 0 spiro atoms. The second-order valence-electron chi connectivity index (χ2n) is 4.87. The molecule has 0 aliphatic heterocycles. The fraction of sp³-hybridized carbons (Fsp3) is 0.118. The van der Waals surface area contributed by atoms with E-state index in [2.05, 4.69) is 0 Å². The third-order valence-electron chi connectivity index (χ3n) is 3.13. The number of ether oxygens (including phenoxy) is 1.